The molecule has 0 aromatic carbocycles. The topological polar surface area (TPSA) is 63.6 Å². The molecule has 4 heteroatoms. The molecule has 0 rings (SSSR count). The van der Waals surface area contributed by atoms with Gasteiger partial charge in [0.1, 0.15) is 0 Å². The van der Waals surface area contributed by atoms with Crippen molar-refractivity contribution >= 4 is 11.9 Å². The number of carboxylic acids is 1. The van der Waals surface area contributed by atoms with Crippen LogP contribution < -0.4 is 0 Å². The largest absolute Gasteiger partial charge is 0.481 e. The zero-order valence-electron chi connectivity index (χ0n) is 25.7. The van der Waals surface area contributed by atoms with E-state index in [1.807, 2.05) is 6.92 Å². The third-order valence-corrected chi connectivity index (χ3v) is 7.12. The minimum absolute atomic E-state index is 0.0232. The summed E-state index contributed by atoms with van der Waals surface area (Å²) in [4.78, 5) is 22.6. The van der Waals surface area contributed by atoms with Gasteiger partial charge in [-0.25, -0.2) is 0 Å². The first-order valence-electron chi connectivity index (χ1n) is 16.4. The summed E-state index contributed by atoms with van der Waals surface area (Å²) in [6.07, 6.45) is 39.9. The number of allylic oxidation sites excluding steroid dienone is 6. The number of carbonyl (C=O) groups excluding carboxylic acids is 1. The van der Waals surface area contributed by atoms with E-state index in [0.29, 0.717) is 12.8 Å². The van der Waals surface area contributed by atoms with Crippen LogP contribution >= 0.6 is 0 Å². The lowest BCUT2D eigenvalue weighted by atomic mass is 10.0. The highest BCUT2D eigenvalue weighted by Gasteiger charge is 2.09. The average Bonchev–Trinajstić information content (AvgIpc) is 2.90. The Morgan fingerprint density at radius 3 is 1.56 bits per heavy atom. The molecule has 1 atom stereocenters. The molecule has 0 saturated heterocycles. The zero-order chi connectivity index (χ0) is 28.7. The van der Waals surface area contributed by atoms with E-state index in [1.165, 1.54) is 77.0 Å². The maximum Gasteiger partial charge on any atom is 0.306 e. The van der Waals surface area contributed by atoms with Crippen molar-refractivity contribution in [2.45, 2.75) is 174 Å². The van der Waals surface area contributed by atoms with Crippen LogP contribution in [0.4, 0.5) is 0 Å². The van der Waals surface area contributed by atoms with Crippen molar-refractivity contribution in [2.75, 3.05) is 0 Å². The minimum Gasteiger partial charge on any atom is -0.481 e. The summed E-state index contributed by atoms with van der Waals surface area (Å²) in [7, 11) is 0. The monoisotopic (exact) mass is 546 g/mol. The lowest BCUT2D eigenvalue weighted by Crippen LogP contribution is -2.14. The SMILES string of the molecule is CC/C=C\C/C=C\C/C=C\CCCCCCCCCC(=O)OC(C)CCCCCCCCCCCCC(=O)O. The Balaban J connectivity index is 3.37. The van der Waals surface area contributed by atoms with E-state index in [0.717, 1.165) is 64.2 Å². The molecule has 1 unspecified atom stereocenters. The van der Waals surface area contributed by atoms with Crippen molar-refractivity contribution in [3.05, 3.63) is 36.5 Å². The smallest absolute Gasteiger partial charge is 0.306 e. The predicted octanol–water partition coefficient (Wildman–Crippen LogP) is 11.1. The number of ether oxygens (including phenoxy) is 1. The summed E-state index contributed by atoms with van der Waals surface area (Å²) in [6, 6.07) is 0. The molecule has 0 bridgehead atoms. The van der Waals surface area contributed by atoms with Gasteiger partial charge in [-0.15, -0.1) is 0 Å². The number of esters is 1. The van der Waals surface area contributed by atoms with E-state index in [-0.39, 0.29) is 12.1 Å². The van der Waals surface area contributed by atoms with Crippen LogP contribution in [0.3, 0.4) is 0 Å². The maximum atomic E-state index is 12.1. The molecule has 226 valence electrons. The first-order chi connectivity index (χ1) is 19.1. The average molecular weight is 547 g/mol. The van der Waals surface area contributed by atoms with Crippen LogP contribution in [0, 0.1) is 0 Å². The second-order valence-electron chi connectivity index (χ2n) is 11.1. The van der Waals surface area contributed by atoms with E-state index in [9.17, 15) is 9.59 Å². The molecule has 1 N–H and O–H groups in total. The van der Waals surface area contributed by atoms with Crippen LogP contribution in [0.2, 0.25) is 0 Å². The van der Waals surface area contributed by atoms with Gasteiger partial charge in [0.2, 0.25) is 0 Å². The van der Waals surface area contributed by atoms with E-state index in [4.69, 9.17) is 9.84 Å². The number of rotatable bonds is 29. The van der Waals surface area contributed by atoms with Crippen molar-refractivity contribution in [2.24, 2.45) is 0 Å². The summed E-state index contributed by atoms with van der Waals surface area (Å²) >= 11 is 0. The van der Waals surface area contributed by atoms with Crippen LogP contribution in [-0.4, -0.2) is 23.1 Å². The quantitative estimate of drug-likeness (QED) is 0.0575. The summed E-state index contributed by atoms with van der Waals surface area (Å²) in [6.45, 7) is 4.19. The van der Waals surface area contributed by atoms with Gasteiger partial charge in [0.15, 0.2) is 0 Å². The molecule has 0 aromatic heterocycles. The van der Waals surface area contributed by atoms with Crippen molar-refractivity contribution < 1.29 is 19.4 Å². The highest BCUT2D eigenvalue weighted by atomic mass is 16.5. The van der Waals surface area contributed by atoms with Crippen molar-refractivity contribution in [3.8, 4) is 0 Å². The Labute approximate surface area is 241 Å². The van der Waals surface area contributed by atoms with Gasteiger partial charge in [-0.05, 0) is 64.7 Å². The van der Waals surface area contributed by atoms with Crippen molar-refractivity contribution in [3.63, 3.8) is 0 Å². The molecule has 0 spiro atoms. The Hall–Kier alpha value is -1.84. The Kier molecular flexibility index (Phi) is 29.2. The van der Waals surface area contributed by atoms with E-state index in [1.54, 1.807) is 0 Å². The molecule has 0 aliphatic heterocycles. The number of carboxylic acid groups (broad SMARTS) is 1. The molecule has 0 aliphatic rings. The van der Waals surface area contributed by atoms with Gasteiger partial charge in [-0.1, -0.05) is 127 Å². The Morgan fingerprint density at radius 2 is 1.03 bits per heavy atom. The van der Waals surface area contributed by atoms with Gasteiger partial charge in [0.05, 0.1) is 6.10 Å². The van der Waals surface area contributed by atoms with Crippen molar-refractivity contribution in [1.29, 1.82) is 0 Å². The zero-order valence-corrected chi connectivity index (χ0v) is 25.7. The van der Waals surface area contributed by atoms with Gasteiger partial charge in [0.25, 0.3) is 0 Å². The molecular formula is C35H62O4. The summed E-state index contributed by atoms with van der Waals surface area (Å²) in [5.41, 5.74) is 0. The first kappa shape index (κ1) is 37.2. The minimum atomic E-state index is -0.680. The second-order valence-corrected chi connectivity index (χ2v) is 11.1. The molecular weight excluding hydrogens is 484 g/mol. The molecule has 0 heterocycles. The molecule has 0 amide bonds. The van der Waals surface area contributed by atoms with Crippen LogP contribution in [0.1, 0.15) is 168 Å². The number of aliphatic carboxylic acids is 1. The molecule has 0 aromatic rings. The number of carbonyl (C=O) groups is 2. The molecule has 4 nitrogen and oxygen atoms in total. The molecule has 0 radical (unpaired) electrons. The van der Waals surface area contributed by atoms with Gasteiger partial charge in [0, 0.05) is 12.8 Å². The van der Waals surface area contributed by atoms with Crippen LogP contribution in [0.25, 0.3) is 0 Å². The third kappa shape index (κ3) is 32.3. The van der Waals surface area contributed by atoms with E-state index < -0.39 is 5.97 Å². The molecule has 39 heavy (non-hydrogen) atoms. The van der Waals surface area contributed by atoms with Gasteiger partial charge in [-0.2, -0.15) is 0 Å². The Morgan fingerprint density at radius 1 is 0.590 bits per heavy atom. The third-order valence-electron chi connectivity index (χ3n) is 7.12. The lowest BCUT2D eigenvalue weighted by molar-refractivity contribution is -0.148. The standard InChI is InChI=1S/C35H62O4/c1-3-4-5-6-7-8-9-10-11-12-13-14-15-20-23-26-29-32-35(38)39-33(2)30-27-24-21-18-16-17-19-22-25-28-31-34(36)37/h4-5,7-8,10-11,33H,3,6,9,12-32H2,1-2H3,(H,36,37)/b5-4-,8-7-,11-10-. The highest BCUT2D eigenvalue weighted by Crippen LogP contribution is 2.15. The van der Waals surface area contributed by atoms with Gasteiger partial charge < -0.3 is 9.84 Å². The number of hydrogen-bond acceptors (Lipinski definition) is 3. The lowest BCUT2D eigenvalue weighted by Gasteiger charge is -2.13. The summed E-state index contributed by atoms with van der Waals surface area (Å²) < 4.78 is 5.60. The molecule has 0 saturated carbocycles. The van der Waals surface area contributed by atoms with E-state index >= 15 is 0 Å². The Bertz CT molecular complexity index is 635. The summed E-state index contributed by atoms with van der Waals surface area (Å²) in [5, 5.41) is 8.63. The van der Waals surface area contributed by atoms with Gasteiger partial charge in [-0.3, -0.25) is 9.59 Å². The fourth-order valence-electron chi connectivity index (χ4n) is 4.71. The normalized spacial score (nSPS) is 12.7. The number of unbranched alkanes of at least 4 members (excludes halogenated alkanes) is 16. The van der Waals surface area contributed by atoms with Crippen molar-refractivity contribution in [1.82, 2.24) is 0 Å². The molecule has 0 fully saturated rings. The van der Waals surface area contributed by atoms with Gasteiger partial charge >= 0.3 is 11.9 Å². The number of hydrogen-bond donors (Lipinski definition) is 1. The summed E-state index contributed by atoms with van der Waals surface area (Å²) in [5.74, 6) is -0.703. The first-order valence-corrected chi connectivity index (χ1v) is 16.4. The fraction of sp³-hybridized carbons (Fsp3) is 0.771. The fourth-order valence-corrected chi connectivity index (χ4v) is 4.71. The predicted molar refractivity (Wildman–Crippen MR) is 167 cm³/mol. The second kappa shape index (κ2) is 30.7. The van der Waals surface area contributed by atoms with Crippen LogP contribution in [0.15, 0.2) is 36.5 Å². The van der Waals surface area contributed by atoms with E-state index in [2.05, 4.69) is 43.4 Å². The van der Waals surface area contributed by atoms with Crippen LogP contribution in [-0.2, 0) is 14.3 Å². The molecule has 0 aliphatic carbocycles. The maximum absolute atomic E-state index is 12.1. The van der Waals surface area contributed by atoms with Crippen LogP contribution in [0.5, 0.6) is 0 Å². The highest BCUT2D eigenvalue weighted by molar-refractivity contribution is 5.69.